The number of rotatable bonds is 1. The van der Waals surface area contributed by atoms with E-state index in [0.29, 0.717) is 6.04 Å². The van der Waals surface area contributed by atoms with Crippen molar-refractivity contribution in [1.29, 1.82) is 0 Å². The summed E-state index contributed by atoms with van der Waals surface area (Å²) in [6.45, 7) is 3.57. The molecule has 3 fully saturated rings. The van der Waals surface area contributed by atoms with Gasteiger partial charge < -0.3 is 10.2 Å². The largest absolute Gasteiger partial charge is 0.332 e. The Balaban J connectivity index is 1.60. The van der Waals surface area contributed by atoms with Crippen molar-refractivity contribution in [2.24, 2.45) is 25.9 Å². The fourth-order valence-corrected chi connectivity index (χ4v) is 3.20. The van der Waals surface area contributed by atoms with Crippen LogP contribution in [-0.4, -0.2) is 61.0 Å². The molecule has 6 nitrogen and oxygen atoms in total. The van der Waals surface area contributed by atoms with Crippen LogP contribution >= 0.6 is 0 Å². The lowest BCUT2D eigenvalue weighted by Crippen LogP contribution is -2.50. The summed E-state index contributed by atoms with van der Waals surface area (Å²) in [5, 5.41) is 3.02. The number of hydrogen-bond acceptors (Lipinski definition) is 5. The van der Waals surface area contributed by atoms with E-state index in [1.165, 1.54) is 25.9 Å². The van der Waals surface area contributed by atoms with E-state index >= 15 is 0 Å². The Bertz CT molecular complexity index is 469. The SMILES string of the molecule is C1=NC(=NC2CN3CCC2CC3)C2N=CN=C2N1. The molecule has 0 spiro atoms. The summed E-state index contributed by atoms with van der Waals surface area (Å²) in [7, 11) is 0. The van der Waals surface area contributed by atoms with Crippen molar-refractivity contribution < 1.29 is 0 Å². The maximum absolute atomic E-state index is 4.86. The normalized spacial score (nSPS) is 42.9. The highest BCUT2D eigenvalue weighted by atomic mass is 15.2. The highest BCUT2D eigenvalue weighted by molar-refractivity contribution is 6.21. The Kier molecular flexibility index (Phi) is 2.29. The second-order valence-corrected chi connectivity index (χ2v) is 5.28. The Morgan fingerprint density at radius 3 is 3.00 bits per heavy atom. The number of nitrogens with one attached hydrogen (secondary N) is 1. The van der Waals surface area contributed by atoms with Gasteiger partial charge in [0.15, 0.2) is 11.9 Å². The molecule has 5 aliphatic heterocycles. The fraction of sp³-hybridized carbons (Fsp3) is 0.667. The number of piperidine rings is 3. The molecule has 2 unspecified atom stereocenters. The van der Waals surface area contributed by atoms with Gasteiger partial charge in [-0.25, -0.2) is 9.98 Å². The molecule has 18 heavy (non-hydrogen) atoms. The van der Waals surface area contributed by atoms with Gasteiger partial charge in [0.2, 0.25) is 0 Å². The third kappa shape index (κ3) is 1.59. The van der Waals surface area contributed by atoms with Gasteiger partial charge in [-0.1, -0.05) is 0 Å². The Labute approximate surface area is 106 Å². The maximum atomic E-state index is 4.86. The molecule has 0 aromatic heterocycles. The molecule has 0 radical (unpaired) electrons. The summed E-state index contributed by atoms with van der Waals surface area (Å²) >= 11 is 0. The zero-order valence-electron chi connectivity index (χ0n) is 10.2. The molecule has 3 saturated heterocycles. The van der Waals surface area contributed by atoms with Gasteiger partial charge in [-0.2, -0.15) is 0 Å². The predicted octanol–water partition coefficient (Wildman–Crippen LogP) is -0.0804. The van der Waals surface area contributed by atoms with E-state index in [-0.39, 0.29) is 6.04 Å². The van der Waals surface area contributed by atoms with Gasteiger partial charge >= 0.3 is 0 Å². The molecule has 0 aliphatic carbocycles. The second-order valence-electron chi connectivity index (χ2n) is 5.28. The molecule has 5 heterocycles. The minimum absolute atomic E-state index is 0.0922. The topological polar surface area (TPSA) is 64.7 Å². The van der Waals surface area contributed by atoms with E-state index in [9.17, 15) is 0 Å². The van der Waals surface area contributed by atoms with Gasteiger partial charge in [-0.05, 0) is 31.8 Å². The van der Waals surface area contributed by atoms with Crippen LogP contribution in [0.1, 0.15) is 12.8 Å². The summed E-state index contributed by atoms with van der Waals surface area (Å²) < 4.78 is 0. The van der Waals surface area contributed by atoms with Crippen molar-refractivity contribution in [2.45, 2.75) is 24.9 Å². The Hall–Kier alpha value is -1.56. The van der Waals surface area contributed by atoms with Crippen LogP contribution in [-0.2, 0) is 0 Å². The molecule has 5 aliphatic rings. The van der Waals surface area contributed by atoms with Crippen LogP contribution in [0.4, 0.5) is 0 Å². The summed E-state index contributed by atoms with van der Waals surface area (Å²) in [4.78, 5) is 20.2. The molecular formula is C12H16N6. The molecule has 94 valence electrons. The van der Waals surface area contributed by atoms with Gasteiger partial charge in [0.05, 0.1) is 12.4 Å². The van der Waals surface area contributed by atoms with E-state index < -0.39 is 0 Å². The first-order chi connectivity index (χ1) is 8.90. The summed E-state index contributed by atoms with van der Waals surface area (Å²) in [5.41, 5.74) is 0. The Morgan fingerprint density at radius 1 is 1.33 bits per heavy atom. The molecule has 0 aromatic carbocycles. The Morgan fingerprint density at radius 2 is 2.22 bits per heavy atom. The number of nitrogens with zero attached hydrogens (tertiary/aromatic N) is 5. The number of hydrogen-bond donors (Lipinski definition) is 1. The molecule has 2 bridgehead atoms. The van der Waals surface area contributed by atoms with Gasteiger partial charge in [-0.3, -0.25) is 9.98 Å². The molecular weight excluding hydrogens is 228 g/mol. The minimum Gasteiger partial charge on any atom is -0.332 e. The third-order valence-corrected chi connectivity index (χ3v) is 4.25. The lowest BCUT2D eigenvalue weighted by molar-refractivity contribution is 0.0905. The average Bonchev–Trinajstić information content (AvgIpc) is 2.90. The fourth-order valence-electron chi connectivity index (χ4n) is 3.20. The summed E-state index contributed by atoms with van der Waals surface area (Å²) in [6, 6.07) is 0.306. The van der Waals surface area contributed by atoms with E-state index in [1.807, 2.05) is 0 Å². The summed E-state index contributed by atoms with van der Waals surface area (Å²) in [6.07, 6.45) is 5.81. The van der Waals surface area contributed by atoms with Crippen molar-refractivity contribution in [2.75, 3.05) is 19.6 Å². The molecule has 1 N–H and O–H groups in total. The van der Waals surface area contributed by atoms with Crippen LogP contribution in [0.15, 0.2) is 20.0 Å². The first-order valence-electron chi connectivity index (χ1n) is 6.58. The zero-order chi connectivity index (χ0) is 11.9. The van der Waals surface area contributed by atoms with E-state index in [2.05, 4.69) is 25.2 Å². The van der Waals surface area contributed by atoms with E-state index in [0.717, 1.165) is 24.1 Å². The van der Waals surface area contributed by atoms with Crippen molar-refractivity contribution in [3.63, 3.8) is 0 Å². The molecule has 0 aromatic rings. The zero-order valence-corrected chi connectivity index (χ0v) is 10.2. The van der Waals surface area contributed by atoms with Crippen LogP contribution in [0.3, 0.4) is 0 Å². The molecule has 2 atom stereocenters. The monoisotopic (exact) mass is 244 g/mol. The lowest BCUT2D eigenvalue weighted by Gasteiger charge is -2.43. The van der Waals surface area contributed by atoms with Crippen molar-refractivity contribution in [3.05, 3.63) is 0 Å². The molecule has 5 rings (SSSR count). The predicted molar refractivity (Wildman–Crippen MR) is 71.7 cm³/mol. The lowest BCUT2D eigenvalue weighted by atomic mass is 9.84. The van der Waals surface area contributed by atoms with Crippen molar-refractivity contribution in [1.82, 2.24) is 10.2 Å². The van der Waals surface area contributed by atoms with Crippen LogP contribution in [0.5, 0.6) is 0 Å². The van der Waals surface area contributed by atoms with Gasteiger partial charge in [0.25, 0.3) is 0 Å². The van der Waals surface area contributed by atoms with Gasteiger partial charge in [0, 0.05) is 6.54 Å². The van der Waals surface area contributed by atoms with Gasteiger partial charge in [0.1, 0.15) is 12.2 Å². The minimum atomic E-state index is -0.0922. The smallest absolute Gasteiger partial charge is 0.168 e. The van der Waals surface area contributed by atoms with Crippen molar-refractivity contribution >= 4 is 24.3 Å². The van der Waals surface area contributed by atoms with Crippen LogP contribution < -0.4 is 5.32 Å². The van der Waals surface area contributed by atoms with E-state index in [1.54, 1.807) is 12.7 Å². The van der Waals surface area contributed by atoms with Crippen LogP contribution in [0.25, 0.3) is 0 Å². The number of amidine groups is 2. The number of aliphatic imine (C=N–C) groups is 4. The first kappa shape index (κ1) is 10.4. The van der Waals surface area contributed by atoms with Crippen LogP contribution in [0, 0.1) is 5.92 Å². The van der Waals surface area contributed by atoms with E-state index in [4.69, 9.17) is 4.99 Å². The molecule has 0 saturated carbocycles. The maximum Gasteiger partial charge on any atom is 0.168 e. The number of fused-ring (bicyclic) bond motifs is 4. The van der Waals surface area contributed by atoms with Crippen molar-refractivity contribution in [3.8, 4) is 0 Å². The molecule has 6 heteroatoms. The average molecular weight is 244 g/mol. The first-order valence-corrected chi connectivity index (χ1v) is 6.58. The van der Waals surface area contributed by atoms with Crippen LogP contribution in [0.2, 0.25) is 0 Å². The highest BCUT2D eigenvalue weighted by Gasteiger charge is 2.35. The quantitative estimate of drug-likeness (QED) is 0.701. The van der Waals surface area contributed by atoms with Gasteiger partial charge in [-0.15, -0.1) is 0 Å². The molecule has 0 amide bonds. The second kappa shape index (κ2) is 3.98. The summed E-state index contributed by atoms with van der Waals surface area (Å²) in [5.74, 6) is 2.41. The highest BCUT2D eigenvalue weighted by Crippen LogP contribution is 2.30. The third-order valence-electron chi connectivity index (χ3n) is 4.25. The standard InChI is InChI=1S/C12H16N6/c1-3-18-4-2-8(1)9(5-18)17-12-10-11(14-6-13-10)15-7-16-12/h6-10H,1-5H2,(H,13,14,15,16,17).